The van der Waals surface area contributed by atoms with Gasteiger partial charge in [-0.1, -0.05) is 43.3 Å². The van der Waals surface area contributed by atoms with Crippen molar-refractivity contribution in [1.29, 1.82) is 0 Å². The van der Waals surface area contributed by atoms with Crippen LogP contribution < -0.4 is 0 Å². The second-order valence-electron chi connectivity index (χ2n) is 5.48. The first-order valence-electron chi connectivity index (χ1n) is 7.04. The highest BCUT2D eigenvalue weighted by Gasteiger charge is 2.14. The van der Waals surface area contributed by atoms with Gasteiger partial charge in [0.1, 0.15) is 5.82 Å². The van der Waals surface area contributed by atoms with E-state index in [1.54, 1.807) is 6.07 Å². The molecule has 0 spiro atoms. The maximum absolute atomic E-state index is 13.2. The first-order chi connectivity index (χ1) is 9.56. The standard InChI is InChI=1S/C18H21FO/c1-13-8-9-17(19)11-16(13)12-18(20)10-14(2)15-6-4-3-5-7-15/h3-9,11,14,18,20H,10,12H2,1-2H3. The van der Waals surface area contributed by atoms with Gasteiger partial charge >= 0.3 is 0 Å². The Morgan fingerprint density at radius 3 is 2.50 bits per heavy atom. The molecule has 2 unspecified atom stereocenters. The second kappa shape index (κ2) is 6.67. The van der Waals surface area contributed by atoms with Gasteiger partial charge in [-0.05, 0) is 54.5 Å². The summed E-state index contributed by atoms with van der Waals surface area (Å²) in [5, 5.41) is 10.2. The van der Waals surface area contributed by atoms with E-state index in [-0.39, 0.29) is 5.82 Å². The highest BCUT2D eigenvalue weighted by molar-refractivity contribution is 5.27. The number of hydrogen-bond donors (Lipinski definition) is 1. The van der Waals surface area contributed by atoms with Gasteiger partial charge in [0.05, 0.1) is 6.10 Å². The first kappa shape index (κ1) is 14.7. The zero-order chi connectivity index (χ0) is 14.5. The van der Waals surface area contributed by atoms with Crippen molar-refractivity contribution in [2.24, 2.45) is 0 Å². The largest absolute Gasteiger partial charge is 0.393 e. The Kier molecular flexibility index (Phi) is 4.91. The van der Waals surface area contributed by atoms with Gasteiger partial charge in [-0.25, -0.2) is 4.39 Å². The molecule has 1 N–H and O–H groups in total. The van der Waals surface area contributed by atoms with Gasteiger partial charge in [0.15, 0.2) is 0 Å². The molecule has 2 rings (SSSR count). The molecule has 0 aliphatic carbocycles. The predicted molar refractivity (Wildman–Crippen MR) is 80.3 cm³/mol. The molecule has 2 aromatic carbocycles. The third-order valence-electron chi connectivity index (χ3n) is 3.76. The lowest BCUT2D eigenvalue weighted by Crippen LogP contribution is -2.14. The number of halogens is 1. The van der Waals surface area contributed by atoms with Gasteiger partial charge in [-0.2, -0.15) is 0 Å². The third-order valence-corrected chi connectivity index (χ3v) is 3.76. The summed E-state index contributed by atoms with van der Waals surface area (Å²) in [5.41, 5.74) is 3.14. The van der Waals surface area contributed by atoms with Crippen LogP contribution >= 0.6 is 0 Å². The Hall–Kier alpha value is -1.67. The zero-order valence-electron chi connectivity index (χ0n) is 12.0. The number of aryl methyl sites for hydroxylation is 1. The summed E-state index contributed by atoms with van der Waals surface area (Å²) in [4.78, 5) is 0. The molecule has 0 aromatic heterocycles. The van der Waals surface area contributed by atoms with Gasteiger partial charge < -0.3 is 5.11 Å². The fourth-order valence-electron chi connectivity index (χ4n) is 2.52. The smallest absolute Gasteiger partial charge is 0.123 e. The maximum Gasteiger partial charge on any atom is 0.123 e. The van der Waals surface area contributed by atoms with Crippen molar-refractivity contribution >= 4 is 0 Å². The molecule has 0 fully saturated rings. The molecule has 1 nitrogen and oxygen atoms in total. The van der Waals surface area contributed by atoms with E-state index in [9.17, 15) is 9.50 Å². The number of hydrogen-bond acceptors (Lipinski definition) is 1. The minimum Gasteiger partial charge on any atom is -0.393 e. The number of benzene rings is 2. The maximum atomic E-state index is 13.2. The molecule has 0 bridgehead atoms. The Bertz CT molecular complexity index is 551. The second-order valence-corrected chi connectivity index (χ2v) is 5.48. The van der Waals surface area contributed by atoms with Crippen molar-refractivity contribution in [3.8, 4) is 0 Å². The summed E-state index contributed by atoms with van der Waals surface area (Å²) in [7, 11) is 0. The van der Waals surface area contributed by atoms with E-state index >= 15 is 0 Å². The van der Waals surface area contributed by atoms with Crippen molar-refractivity contribution < 1.29 is 9.50 Å². The van der Waals surface area contributed by atoms with Crippen molar-refractivity contribution in [2.75, 3.05) is 0 Å². The summed E-state index contributed by atoms with van der Waals surface area (Å²) in [6, 6.07) is 14.9. The summed E-state index contributed by atoms with van der Waals surface area (Å²) in [6.07, 6.45) is 0.728. The van der Waals surface area contributed by atoms with Crippen LogP contribution in [0.2, 0.25) is 0 Å². The summed E-state index contributed by atoms with van der Waals surface area (Å²) in [6.45, 7) is 4.05. The van der Waals surface area contributed by atoms with Crippen molar-refractivity contribution in [3.63, 3.8) is 0 Å². The molecule has 0 amide bonds. The number of aliphatic hydroxyl groups is 1. The van der Waals surface area contributed by atoms with Gasteiger partial charge in [-0.15, -0.1) is 0 Å². The number of aliphatic hydroxyl groups excluding tert-OH is 1. The molecule has 20 heavy (non-hydrogen) atoms. The quantitative estimate of drug-likeness (QED) is 0.863. The van der Waals surface area contributed by atoms with E-state index in [2.05, 4.69) is 19.1 Å². The van der Waals surface area contributed by atoms with Gasteiger partial charge in [0.25, 0.3) is 0 Å². The van der Waals surface area contributed by atoms with Crippen LogP contribution in [0.3, 0.4) is 0 Å². The van der Waals surface area contributed by atoms with Crippen LogP contribution in [0, 0.1) is 12.7 Å². The Balaban J connectivity index is 1.99. The van der Waals surface area contributed by atoms with Crippen LogP contribution in [-0.2, 0) is 6.42 Å². The van der Waals surface area contributed by atoms with E-state index < -0.39 is 6.10 Å². The predicted octanol–water partition coefficient (Wildman–Crippen LogP) is 4.23. The molecule has 2 heteroatoms. The lowest BCUT2D eigenvalue weighted by molar-refractivity contribution is 0.157. The van der Waals surface area contributed by atoms with Crippen molar-refractivity contribution in [2.45, 2.75) is 38.7 Å². The van der Waals surface area contributed by atoms with Gasteiger partial charge in [-0.3, -0.25) is 0 Å². The summed E-state index contributed by atoms with van der Waals surface area (Å²) < 4.78 is 13.2. The molecular weight excluding hydrogens is 251 g/mol. The van der Waals surface area contributed by atoms with E-state index in [0.717, 1.165) is 11.1 Å². The Morgan fingerprint density at radius 1 is 1.10 bits per heavy atom. The number of rotatable bonds is 5. The molecular formula is C18H21FO. The molecule has 0 aliphatic heterocycles. The van der Waals surface area contributed by atoms with Gasteiger partial charge in [0, 0.05) is 0 Å². The zero-order valence-corrected chi connectivity index (χ0v) is 12.0. The average Bonchev–Trinajstić information content (AvgIpc) is 2.43. The van der Waals surface area contributed by atoms with Crippen LogP contribution in [0.25, 0.3) is 0 Å². The molecule has 0 radical (unpaired) electrons. The normalized spacial score (nSPS) is 14.0. The average molecular weight is 272 g/mol. The monoisotopic (exact) mass is 272 g/mol. The van der Waals surface area contributed by atoms with E-state index in [1.165, 1.54) is 17.7 Å². The van der Waals surface area contributed by atoms with Crippen LogP contribution in [0.4, 0.5) is 4.39 Å². The fraction of sp³-hybridized carbons (Fsp3) is 0.333. The summed E-state index contributed by atoms with van der Waals surface area (Å²) in [5.74, 6) is 0.0500. The van der Waals surface area contributed by atoms with E-state index in [4.69, 9.17) is 0 Å². The highest BCUT2D eigenvalue weighted by atomic mass is 19.1. The minimum absolute atomic E-state index is 0.242. The molecule has 0 heterocycles. The van der Waals surface area contributed by atoms with E-state index in [1.807, 2.05) is 25.1 Å². The molecule has 2 atom stereocenters. The molecule has 0 saturated heterocycles. The lowest BCUT2D eigenvalue weighted by atomic mass is 9.91. The van der Waals surface area contributed by atoms with Crippen LogP contribution in [-0.4, -0.2) is 11.2 Å². The molecule has 106 valence electrons. The van der Waals surface area contributed by atoms with Crippen LogP contribution in [0.15, 0.2) is 48.5 Å². The summed E-state index contributed by atoms with van der Waals surface area (Å²) >= 11 is 0. The topological polar surface area (TPSA) is 20.2 Å². The lowest BCUT2D eigenvalue weighted by Gasteiger charge is -2.18. The van der Waals surface area contributed by atoms with Gasteiger partial charge in [0.2, 0.25) is 0 Å². The van der Waals surface area contributed by atoms with E-state index in [0.29, 0.717) is 18.8 Å². The van der Waals surface area contributed by atoms with Crippen molar-refractivity contribution in [3.05, 3.63) is 71.0 Å². The Labute approximate surface area is 120 Å². The first-order valence-corrected chi connectivity index (χ1v) is 7.04. The van der Waals surface area contributed by atoms with Crippen molar-refractivity contribution in [1.82, 2.24) is 0 Å². The highest BCUT2D eigenvalue weighted by Crippen LogP contribution is 2.22. The molecule has 0 aliphatic rings. The molecule has 2 aromatic rings. The third kappa shape index (κ3) is 3.91. The van der Waals surface area contributed by atoms with Crippen LogP contribution in [0.5, 0.6) is 0 Å². The molecule has 0 saturated carbocycles. The fourth-order valence-corrected chi connectivity index (χ4v) is 2.52. The van der Waals surface area contributed by atoms with Crippen LogP contribution in [0.1, 0.15) is 36.0 Å². The minimum atomic E-state index is -0.453. The Morgan fingerprint density at radius 2 is 1.80 bits per heavy atom. The SMILES string of the molecule is Cc1ccc(F)cc1CC(O)CC(C)c1ccccc1.